The lowest BCUT2D eigenvalue weighted by atomic mass is 9.82. The lowest BCUT2D eigenvalue weighted by molar-refractivity contribution is 0.660. The highest BCUT2D eigenvalue weighted by molar-refractivity contribution is 6.25. The largest absolute Gasteiger partial charge is 0.455 e. The Morgan fingerprint density at radius 1 is 0.409 bits per heavy atom. The van der Waals surface area contributed by atoms with Crippen molar-refractivity contribution >= 4 is 65.6 Å². The number of hydrogen-bond acceptors (Lipinski definition) is 4. The second kappa shape index (κ2) is 13.7. The molecule has 0 saturated carbocycles. The van der Waals surface area contributed by atoms with Gasteiger partial charge in [0.1, 0.15) is 11.2 Å². The Labute approximate surface area is 379 Å². The average molecular weight is 846 g/mol. The molecule has 4 heterocycles. The lowest BCUT2D eigenvalue weighted by Crippen LogP contribution is -2.14. The fourth-order valence-corrected chi connectivity index (χ4v) is 11.0. The summed E-state index contributed by atoms with van der Waals surface area (Å²) in [5, 5.41) is 6.63. The molecule has 0 fully saturated rings. The van der Waals surface area contributed by atoms with E-state index in [9.17, 15) is 0 Å². The molecule has 6 heteroatoms. The number of benzene rings is 9. The van der Waals surface area contributed by atoms with Gasteiger partial charge in [-0.15, -0.1) is 0 Å². The smallest absolute Gasteiger partial charge is 0.238 e. The van der Waals surface area contributed by atoms with Crippen LogP contribution in [0, 0.1) is 0 Å². The summed E-state index contributed by atoms with van der Waals surface area (Å²) < 4.78 is 11.6. The van der Waals surface area contributed by atoms with Crippen molar-refractivity contribution in [1.82, 2.24) is 24.1 Å². The zero-order valence-corrected chi connectivity index (χ0v) is 36.2. The van der Waals surface area contributed by atoms with Gasteiger partial charge in [0.15, 0.2) is 11.6 Å². The fourth-order valence-electron chi connectivity index (χ4n) is 11.0. The number of para-hydroxylation sites is 3. The second-order valence-corrected chi connectivity index (χ2v) is 17.9. The van der Waals surface area contributed by atoms with E-state index in [0.717, 1.165) is 93.5 Å². The predicted octanol–water partition coefficient (Wildman–Crippen LogP) is 15.3. The number of fused-ring (bicyclic) bond motifs is 13. The average Bonchev–Trinajstić information content (AvgIpc) is 4.10. The first-order chi connectivity index (χ1) is 32.5. The van der Waals surface area contributed by atoms with Crippen LogP contribution in [0.25, 0.3) is 122 Å². The highest BCUT2D eigenvalue weighted by atomic mass is 16.3. The minimum atomic E-state index is -0.184. The van der Waals surface area contributed by atoms with Gasteiger partial charge in [-0.25, -0.2) is 4.98 Å². The van der Waals surface area contributed by atoms with Gasteiger partial charge in [0.2, 0.25) is 5.95 Å². The van der Waals surface area contributed by atoms with Gasteiger partial charge in [-0.1, -0.05) is 184 Å². The van der Waals surface area contributed by atoms with E-state index >= 15 is 0 Å². The number of rotatable bonds is 5. The molecule has 0 atom stereocenters. The highest BCUT2D eigenvalue weighted by Gasteiger charge is 2.37. The van der Waals surface area contributed by atoms with Crippen LogP contribution in [0.4, 0.5) is 0 Å². The minimum Gasteiger partial charge on any atom is -0.455 e. The predicted molar refractivity (Wildman–Crippen MR) is 270 cm³/mol. The van der Waals surface area contributed by atoms with E-state index in [1.165, 1.54) is 22.3 Å². The molecule has 66 heavy (non-hydrogen) atoms. The maximum atomic E-state index is 6.86. The SMILES string of the molecule is CC1(C)c2ccccc2-c2c(-c3nc(-c4ccccc4)nc(-n4c5ccccc5c5ccc6c7ccccc7n(-c7ccc(-c8ccccc8)c8oc9ccccc9c78)c6c54)n3)cccc21. The molecule has 1 aliphatic rings. The van der Waals surface area contributed by atoms with Gasteiger partial charge in [0, 0.05) is 49.0 Å². The topological polar surface area (TPSA) is 61.7 Å². The molecule has 1 aliphatic carbocycles. The Hall–Kier alpha value is -8.61. The van der Waals surface area contributed by atoms with Crippen LogP contribution in [-0.2, 0) is 5.41 Å². The van der Waals surface area contributed by atoms with E-state index in [-0.39, 0.29) is 5.41 Å². The second-order valence-electron chi connectivity index (χ2n) is 17.9. The van der Waals surface area contributed by atoms with Crippen LogP contribution in [0.5, 0.6) is 0 Å². The summed E-state index contributed by atoms with van der Waals surface area (Å²) in [5.74, 6) is 1.79. The summed E-state index contributed by atoms with van der Waals surface area (Å²) in [5.41, 5.74) is 15.8. The van der Waals surface area contributed by atoms with Gasteiger partial charge in [0.25, 0.3) is 0 Å². The molecule has 6 nitrogen and oxygen atoms in total. The summed E-state index contributed by atoms with van der Waals surface area (Å²) in [7, 11) is 0. The van der Waals surface area contributed by atoms with E-state index in [1.54, 1.807) is 0 Å². The highest BCUT2D eigenvalue weighted by Crippen LogP contribution is 2.52. The van der Waals surface area contributed by atoms with Crippen molar-refractivity contribution in [1.29, 1.82) is 0 Å². The van der Waals surface area contributed by atoms with Crippen LogP contribution in [0.2, 0.25) is 0 Å². The van der Waals surface area contributed by atoms with Crippen LogP contribution in [0.15, 0.2) is 205 Å². The quantitative estimate of drug-likeness (QED) is 0.173. The Kier molecular flexibility index (Phi) is 7.64. The minimum absolute atomic E-state index is 0.184. The van der Waals surface area contributed by atoms with E-state index < -0.39 is 0 Å². The summed E-state index contributed by atoms with van der Waals surface area (Å²) in [6.45, 7) is 4.63. The standard InChI is InChI=1S/C60H39N5O/c1-60(2)46-27-13-9-24-43(46)52-45(26-17-28-47(52)60)58-61-57(37-20-7-4-8-21-37)62-59(63-58)65-49-30-15-11-23-40(49)42-33-32-41-39-22-10-14-29-48(39)64(54(41)55(42)65)50-35-34-38(36-18-5-3-6-19-36)56-53(50)44-25-12-16-31-51(44)66-56/h3-35H,1-2H3. The molecule has 13 aromatic rings. The molecule has 0 aliphatic heterocycles. The number of furan rings is 1. The van der Waals surface area contributed by atoms with Gasteiger partial charge >= 0.3 is 0 Å². The molecule has 0 bridgehead atoms. The van der Waals surface area contributed by atoms with Gasteiger partial charge < -0.3 is 8.98 Å². The van der Waals surface area contributed by atoms with Crippen molar-refractivity contribution in [3.8, 4) is 56.7 Å². The van der Waals surface area contributed by atoms with E-state index in [1.807, 2.05) is 24.3 Å². The van der Waals surface area contributed by atoms with Crippen LogP contribution in [-0.4, -0.2) is 24.1 Å². The molecule has 14 rings (SSSR count). The van der Waals surface area contributed by atoms with Gasteiger partial charge in [-0.3, -0.25) is 4.57 Å². The molecular weight excluding hydrogens is 807 g/mol. The third kappa shape index (κ3) is 5.09. The molecule has 0 amide bonds. The lowest BCUT2D eigenvalue weighted by Gasteiger charge is -2.21. The third-order valence-electron chi connectivity index (χ3n) is 14.0. The first-order valence-corrected chi connectivity index (χ1v) is 22.5. The van der Waals surface area contributed by atoms with Crippen molar-refractivity contribution in [2.24, 2.45) is 0 Å². The van der Waals surface area contributed by atoms with Crippen molar-refractivity contribution in [3.63, 3.8) is 0 Å². The Morgan fingerprint density at radius 2 is 0.985 bits per heavy atom. The van der Waals surface area contributed by atoms with Crippen molar-refractivity contribution in [3.05, 3.63) is 211 Å². The number of hydrogen-bond donors (Lipinski definition) is 0. The molecule has 0 unspecified atom stereocenters. The van der Waals surface area contributed by atoms with Crippen LogP contribution >= 0.6 is 0 Å². The monoisotopic (exact) mass is 845 g/mol. The van der Waals surface area contributed by atoms with Gasteiger partial charge in [-0.2, -0.15) is 9.97 Å². The molecule has 310 valence electrons. The van der Waals surface area contributed by atoms with E-state index in [0.29, 0.717) is 17.6 Å². The molecule has 0 spiro atoms. The fraction of sp³-hybridized carbons (Fsp3) is 0.0500. The van der Waals surface area contributed by atoms with Crippen LogP contribution in [0.3, 0.4) is 0 Å². The van der Waals surface area contributed by atoms with E-state index in [4.69, 9.17) is 19.4 Å². The van der Waals surface area contributed by atoms with Crippen molar-refractivity contribution in [2.75, 3.05) is 0 Å². The molecule has 9 aromatic carbocycles. The molecule has 0 N–H and O–H groups in total. The van der Waals surface area contributed by atoms with Crippen LogP contribution in [0.1, 0.15) is 25.0 Å². The summed E-state index contributed by atoms with van der Waals surface area (Å²) >= 11 is 0. The Bertz CT molecular complexity index is 4140. The molecule has 0 radical (unpaired) electrons. The first kappa shape index (κ1) is 36.8. The maximum Gasteiger partial charge on any atom is 0.238 e. The number of aromatic nitrogens is 5. The summed E-state index contributed by atoms with van der Waals surface area (Å²) in [4.78, 5) is 16.4. The van der Waals surface area contributed by atoms with Crippen molar-refractivity contribution < 1.29 is 4.42 Å². The normalized spacial score (nSPS) is 13.1. The third-order valence-corrected chi connectivity index (χ3v) is 14.0. The van der Waals surface area contributed by atoms with Gasteiger partial charge in [0.05, 0.1) is 33.1 Å². The zero-order chi connectivity index (χ0) is 43.7. The Balaban J connectivity index is 1.13. The summed E-state index contributed by atoms with van der Waals surface area (Å²) in [6.07, 6.45) is 0. The van der Waals surface area contributed by atoms with E-state index in [2.05, 4.69) is 199 Å². The molecule has 4 aromatic heterocycles. The summed E-state index contributed by atoms with van der Waals surface area (Å²) in [6, 6.07) is 71.0. The Morgan fingerprint density at radius 3 is 1.74 bits per heavy atom. The maximum absolute atomic E-state index is 6.86. The molecule has 0 saturated heterocycles. The first-order valence-electron chi connectivity index (χ1n) is 22.5. The van der Waals surface area contributed by atoms with Gasteiger partial charge in [-0.05, 0) is 58.1 Å². The van der Waals surface area contributed by atoms with Crippen molar-refractivity contribution in [2.45, 2.75) is 19.3 Å². The van der Waals surface area contributed by atoms with Crippen LogP contribution < -0.4 is 0 Å². The molecular formula is C60H39N5O. The zero-order valence-electron chi connectivity index (χ0n) is 36.2. The number of nitrogens with zero attached hydrogens (tertiary/aromatic N) is 5.